The Hall–Kier alpha value is -3.40. The number of imidazole rings is 1. The lowest BCUT2D eigenvalue weighted by Gasteiger charge is -2.11. The van der Waals surface area contributed by atoms with Crippen LogP contribution in [0, 0.1) is 0 Å². The first-order valence-corrected chi connectivity index (χ1v) is 9.47. The third kappa shape index (κ3) is 3.67. The topological polar surface area (TPSA) is 46.9 Å². The highest BCUT2D eigenvalue weighted by Gasteiger charge is 2.12. The number of carbonyl (C=O) groups excluding carboxylic acids is 1. The summed E-state index contributed by atoms with van der Waals surface area (Å²) in [7, 11) is 0. The molecule has 1 N–H and O–H groups in total. The Morgan fingerprint density at radius 2 is 1.79 bits per heavy atom. The maximum absolute atomic E-state index is 11.8. The minimum atomic E-state index is -0.114. The van der Waals surface area contributed by atoms with Crippen molar-refractivity contribution in [2.24, 2.45) is 0 Å². The molecule has 0 spiro atoms. The normalized spacial score (nSPS) is 11.0. The smallest absolute Gasteiger partial charge is 0.246 e. The molecule has 0 bridgehead atoms. The Balaban J connectivity index is 1.64. The molecule has 4 aromatic rings. The lowest BCUT2D eigenvalue weighted by molar-refractivity contribution is -0.117. The number of hydrogen-bond donors (Lipinski definition) is 1. The first kappa shape index (κ1) is 18.0. The Labute approximate surface area is 164 Å². The highest BCUT2D eigenvalue weighted by molar-refractivity contribution is 5.92. The Kier molecular flexibility index (Phi) is 4.94. The van der Waals surface area contributed by atoms with Crippen LogP contribution in [0.1, 0.15) is 18.3 Å². The highest BCUT2D eigenvalue weighted by Crippen LogP contribution is 2.21. The fourth-order valence-corrected chi connectivity index (χ4v) is 3.45. The zero-order chi connectivity index (χ0) is 19.5. The highest BCUT2D eigenvalue weighted by atomic mass is 16.1. The molecule has 28 heavy (non-hydrogen) atoms. The van der Waals surface area contributed by atoms with Crippen LogP contribution in [0.15, 0.2) is 78.9 Å². The Bertz CT molecular complexity index is 1170. The van der Waals surface area contributed by atoms with E-state index < -0.39 is 0 Å². The van der Waals surface area contributed by atoms with E-state index >= 15 is 0 Å². The molecule has 140 valence electrons. The second-order valence-electron chi connectivity index (χ2n) is 7.07. The van der Waals surface area contributed by atoms with Crippen molar-refractivity contribution in [2.45, 2.75) is 19.9 Å². The van der Waals surface area contributed by atoms with Crippen molar-refractivity contribution in [3.05, 3.63) is 90.3 Å². The fraction of sp³-hybridized carbons (Fsp3) is 0.167. The van der Waals surface area contributed by atoms with Crippen molar-refractivity contribution in [3.63, 3.8) is 0 Å². The largest absolute Gasteiger partial charge is 0.352 e. The molecule has 0 unspecified atom stereocenters. The zero-order valence-corrected chi connectivity index (χ0v) is 16.0. The number of benzene rings is 3. The molecule has 3 aromatic carbocycles. The molecule has 4 nitrogen and oxygen atoms in total. The molecule has 0 atom stereocenters. The van der Waals surface area contributed by atoms with Gasteiger partial charge in [-0.1, -0.05) is 55.1 Å². The summed E-state index contributed by atoms with van der Waals surface area (Å²) >= 11 is 0. The molecular weight excluding hydrogens is 346 g/mol. The van der Waals surface area contributed by atoms with Crippen LogP contribution in [0.3, 0.4) is 0 Å². The lowest BCUT2D eigenvalue weighted by atomic mass is 10.1. The molecule has 0 fully saturated rings. The summed E-state index contributed by atoms with van der Waals surface area (Å²) < 4.78 is 2.24. The summed E-state index contributed by atoms with van der Waals surface area (Å²) in [4.78, 5) is 16.6. The van der Waals surface area contributed by atoms with E-state index in [4.69, 9.17) is 4.98 Å². The van der Waals surface area contributed by atoms with Gasteiger partial charge in [0.1, 0.15) is 5.82 Å². The van der Waals surface area contributed by atoms with Gasteiger partial charge in [-0.15, -0.1) is 0 Å². The molecule has 1 heterocycles. The van der Waals surface area contributed by atoms with Gasteiger partial charge in [-0.05, 0) is 41.5 Å². The maximum Gasteiger partial charge on any atom is 0.246 e. The lowest BCUT2D eigenvalue weighted by Crippen LogP contribution is -2.26. The number of rotatable bonds is 6. The summed E-state index contributed by atoms with van der Waals surface area (Å²) in [5.41, 5.74) is 3.83. The first-order valence-electron chi connectivity index (χ1n) is 9.47. The number of nitrogens with zero attached hydrogens (tertiary/aromatic N) is 2. The van der Waals surface area contributed by atoms with Crippen molar-refractivity contribution in [1.29, 1.82) is 0 Å². The van der Waals surface area contributed by atoms with Crippen LogP contribution in [-0.4, -0.2) is 22.0 Å². The molecule has 0 saturated carbocycles. The van der Waals surface area contributed by atoms with Crippen LogP contribution in [0.2, 0.25) is 0 Å². The number of amides is 1. The summed E-state index contributed by atoms with van der Waals surface area (Å²) in [6, 6.07) is 23.1. The zero-order valence-electron chi connectivity index (χ0n) is 16.0. The number of aromatic nitrogens is 2. The SMILES string of the molecule is C=C(C)C(=O)NCCc1nc2ccccc2n1Cc1ccc2ccccc2c1. The summed E-state index contributed by atoms with van der Waals surface area (Å²) in [5, 5.41) is 5.37. The van der Waals surface area contributed by atoms with Gasteiger partial charge in [0.15, 0.2) is 0 Å². The summed E-state index contributed by atoms with van der Waals surface area (Å²) in [6.45, 7) is 6.67. The molecule has 1 aromatic heterocycles. The van der Waals surface area contributed by atoms with E-state index in [0.717, 1.165) is 23.4 Å². The molecule has 4 rings (SSSR count). The van der Waals surface area contributed by atoms with E-state index in [2.05, 4.69) is 65.0 Å². The van der Waals surface area contributed by atoms with Crippen molar-refractivity contribution in [1.82, 2.24) is 14.9 Å². The van der Waals surface area contributed by atoms with E-state index in [1.54, 1.807) is 6.92 Å². The van der Waals surface area contributed by atoms with Gasteiger partial charge in [-0.2, -0.15) is 0 Å². The first-order chi connectivity index (χ1) is 13.6. The van der Waals surface area contributed by atoms with Gasteiger partial charge >= 0.3 is 0 Å². The van der Waals surface area contributed by atoms with Crippen LogP contribution in [0.5, 0.6) is 0 Å². The molecular formula is C24H23N3O. The monoisotopic (exact) mass is 369 g/mol. The van der Waals surface area contributed by atoms with Gasteiger partial charge in [0.25, 0.3) is 0 Å². The van der Waals surface area contributed by atoms with Crippen molar-refractivity contribution < 1.29 is 4.79 Å². The molecule has 4 heteroatoms. The van der Waals surface area contributed by atoms with Gasteiger partial charge in [0, 0.05) is 25.1 Å². The van der Waals surface area contributed by atoms with E-state index in [1.165, 1.54) is 16.3 Å². The second-order valence-corrected chi connectivity index (χ2v) is 7.07. The fourth-order valence-electron chi connectivity index (χ4n) is 3.45. The van der Waals surface area contributed by atoms with Crippen LogP contribution >= 0.6 is 0 Å². The van der Waals surface area contributed by atoms with Gasteiger partial charge < -0.3 is 9.88 Å². The Morgan fingerprint density at radius 3 is 2.61 bits per heavy atom. The van der Waals surface area contributed by atoms with Gasteiger partial charge in [0.2, 0.25) is 5.91 Å². The second kappa shape index (κ2) is 7.69. The van der Waals surface area contributed by atoms with Crippen LogP contribution in [0.4, 0.5) is 0 Å². The predicted octanol–water partition coefficient (Wildman–Crippen LogP) is 4.47. The minimum absolute atomic E-state index is 0.114. The van der Waals surface area contributed by atoms with Crippen molar-refractivity contribution in [3.8, 4) is 0 Å². The summed E-state index contributed by atoms with van der Waals surface area (Å²) in [6.07, 6.45) is 0.668. The Morgan fingerprint density at radius 1 is 1.04 bits per heavy atom. The van der Waals surface area contributed by atoms with E-state index in [0.29, 0.717) is 18.5 Å². The minimum Gasteiger partial charge on any atom is -0.352 e. The molecule has 0 aliphatic heterocycles. The van der Waals surface area contributed by atoms with Gasteiger partial charge in [-0.3, -0.25) is 4.79 Å². The summed E-state index contributed by atoms with van der Waals surface area (Å²) in [5.74, 6) is 0.855. The molecule has 0 saturated heterocycles. The predicted molar refractivity (Wildman–Crippen MR) is 114 cm³/mol. The molecule has 0 radical (unpaired) electrons. The molecule has 0 aliphatic rings. The van der Waals surface area contributed by atoms with E-state index in [-0.39, 0.29) is 5.91 Å². The average Bonchev–Trinajstić information content (AvgIpc) is 3.05. The van der Waals surface area contributed by atoms with E-state index in [1.807, 2.05) is 18.2 Å². The maximum atomic E-state index is 11.8. The third-order valence-electron chi connectivity index (χ3n) is 4.91. The van der Waals surface area contributed by atoms with Gasteiger partial charge in [0.05, 0.1) is 11.0 Å². The third-order valence-corrected chi connectivity index (χ3v) is 4.91. The van der Waals surface area contributed by atoms with Crippen LogP contribution in [-0.2, 0) is 17.8 Å². The quantitative estimate of drug-likeness (QED) is 0.510. The standard InChI is InChI=1S/C24H23N3O/c1-17(2)24(28)25-14-13-23-26-21-9-5-6-10-22(21)27(23)16-18-11-12-19-7-3-4-8-20(19)15-18/h3-12,15H,1,13-14,16H2,2H3,(H,25,28). The van der Waals surface area contributed by atoms with Crippen LogP contribution in [0.25, 0.3) is 21.8 Å². The molecule has 0 aliphatic carbocycles. The average molecular weight is 369 g/mol. The van der Waals surface area contributed by atoms with Crippen molar-refractivity contribution in [2.75, 3.05) is 6.54 Å². The molecule has 1 amide bonds. The van der Waals surface area contributed by atoms with Gasteiger partial charge in [-0.25, -0.2) is 4.98 Å². The van der Waals surface area contributed by atoms with Crippen LogP contribution < -0.4 is 5.32 Å². The number of fused-ring (bicyclic) bond motifs is 2. The van der Waals surface area contributed by atoms with E-state index in [9.17, 15) is 4.79 Å². The number of para-hydroxylation sites is 2. The number of nitrogens with one attached hydrogen (secondary N) is 1. The number of hydrogen-bond acceptors (Lipinski definition) is 2. The number of carbonyl (C=O) groups is 1. The van der Waals surface area contributed by atoms with Crippen molar-refractivity contribution >= 4 is 27.7 Å².